The third-order valence-corrected chi connectivity index (χ3v) is 2.77. The molecule has 0 aliphatic rings. The van der Waals surface area contributed by atoms with E-state index in [1.807, 2.05) is 26.8 Å². The minimum absolute atomic E-state index is 0.120. The standard InChI is InChI=1S/C15H28N4O/c1-7-19(9-8-16-11(2)3)15-17-13(6)10-14(18-15)20-12(4)5/h10-12,16H,7-9H2,1-6H3. The van der Waals surface area contributed by atoms with Gasteiger partial charge in [-0.05, 0) is 27.7 Å². The lowest BCUT2D eigenvalue weighted by molar-refractivity contribution is 0.232. The number of hydrogen-bond acceptors (Lipinski definition) is 5. The highest BCUT2D eigenvalue weighted by atomic mass is 16.5. The Balaban J connectivity index is 2.77. The Morgan fingerprint density at radius 2 is 1.95 bits per heavy atom. The molecule has 0 saturated heterocycles. The summed E-state index contributed by atoms with van der Waals surface area (Å²) in [5, 5.41) is 3.41. The molecule has 0 aliphatic heterocycles. The van der Waals surface area contributed by atoms with Crippen LogP contribution >= 0.6 is 0 Å². The van der Waals surface area contributed by atoms with E-state index in [0.29, 0.717) is 11.9 Å². The second-order valence-corrected chi connectivity index (χ2v) is 5.50. The van der Waals surface area contributed by atoms with E-state index >= 15 is 0 Å². The molecule has 0 atom stereocenters. The van der Waals surface area contributed by atoms with Crippen LogP contribution in [0.1, 0.15) is 40.3 Å². The second kappa shape index (κ2) is 8.04. The lowest BCUT2D eigenvalue weighted by Gasteiger charge is -2.22. The summed E-state index contributed by atoms with van der Waals surface area (Å²) in [6.45, 7) is 15.1. The molecule has 0 spiro atoms. The van der Waals surface area contributed by atoms with Crippen molar-refractivity contribution in [2.75, 3.05) is 24.5 Å². The van der Waals surface area contributed by atoms with E-state index in [9.17, 15) is 0 Å². The van der Waals surface area contributed by atoms with Gasteiger partial charge in [-0.3, -0.25) is 0 Å². The summed E-state index contributed by atoms with van der Waals surface area (Å²) in [4.78, 5) is 11.2. The third kappa shape index (κ3) is 5.74. The van der Waals surface area contributed by atoms with E-state index in [4.69, 9.17) is 4.74 Å². The van der Waals surface area contributed by atoms with Crippen LogP contribution in [0.25, 0.3) is 0 Å². The number of anilines is 1. The van der Waals surface area contributed by atoms with Crippen molar-refractivity contribution in [3.8, 4) is 5.88 Å². The molecule has 5 heteroatoms. The van der Waals surface area contributed by atoms with E-state index in [2.05, 4.69) is 41.0 Å². The van der Waals surface area contributed by atoms with Gasteiger partial charge in [0, 0.05) is 37.4 Å². The lowest BCUT2D eigenvalue weighted by Crippen LogP contribution is -2.35. The number of hydrogen-bond donors (Lipinski definition) is 1. The molecule has 0 aliphatic carbocycles. The normalized spacial score (nSPS) is 11.2. The topological polar surface area (TPSA) is 50.3 Å². The van der Waals surface area contributed by atoms with Crippen molar-refractivity contribution in [3.63, 3.8) is 0 Å². The molecule has 1 heterocycles. The lowest BCUT2D eigenvalue weighted by atomic mass is 10.4. The molecule has 1 rings (SSSR count). The van der Waals surface area contributed by atoms with Crippen LogP contribution in [0.3, 0.4) is 0 Å². The summed E-state index contributed by atoms with van der Waals surface area (Å²) >= 11 is 0. The largest absolute Gasteiger partial charge is 0.475 e. The molecule has 0 saturated carbocycles. The SMILES string of the molecule is CCN(CCNC(C)C)c1nc(C)cc(OC(C)C)n1. The van der Waals surface area contributed by atoms with Crippen LogP contribution in [0.2, 0.25) is 0 Å². The number of aryl methyl sites for hydroxylation is 1. The number of nitrogens with one attached hydrogen (secondary N) is 1. The van der Waals surface area contributed by atoms with Crippen molar-refractivity contribution in [1.29, 1.82) is 0 Å². The minimum Gasteiger partial charge on any atom is -0.475 e. The van der Waals surface area contributed by atoms with Crippen LogP contribution in [-0.2, 0) is 0 Å². The molecule has 114 valence electrons. The highest BCUT2D eigenvalue weighted by Crippen LogP contribution is 2.16. The highest BCUT2D eigenvalue weighted by molar-refractivity contribution is 5.34. The van der Waals surface area contributed by atoms with Gasteiger partial charge in [0.05, 0.1) is 6.10 Å². The Hall–Kier alpha value is -1.36. The molecular weight excluding hydrogens is 252 g/mol. The monoisotopic (exact) mass is 280 g/mol. The van der Waals surface area contributed by atoms with Gasteiger partial charge in [-0.25, -0.2) is 4.98 Å². The van der Waals surface area contributed by atoms with E-state index in [1.165, 1.54) is 0 Å². The Morgan fingerprint density at radius 3 is 2.50 bits per heavy atom. The fourth-order valence-corrected chi connectivity index (χ4v) is 1.86. The van der Waals surface area contributed by atoms with E-state index < -0.39 is 0 Å². The molecular formula is C15H28N4O. The average molecular weight is 280 g/mol. The molecule has 0 unspecified atom stereocenters. The summed E-state index contributed by atoms with van der Waals surface area (Å²) in [6, 6.07) is 2.37. The molecule has 20 heavy (non-hydrogen) atoms. The van der Waals surface area contributed by atoms with Gasteiger partial charge in [0.25, 0.3) is 0 Å². The maximum Gasteiger partial charge on any atom is 0.228 e. The van der Waals surface area contributed by atoms with Crippen LogP contribution < -0.4 is 15.0 Å². The van der Waals surface area contributed by atoms with E-state index in [-0.39, 0.29) is 6.10 Å². The molecule has 0 fully saturated rings. The first kappa shape index (κ1) is 16.7. The first-order valence-electron chi connectivity index (χ1n) is 7.43. The van der Waals surface area contributed by atoms with Gasteiger partial charge in [0.1, 0.15) is 0 Å². The van der Waals surface area contributed by atoms with Crippen molar-refractivity contribution in [2.45, 2.75) is 53.7 Å². The zero-order valence-electron chi connectivity index (χ0n) is 13.6. The second-order valence-electron chi connectivity index (χ2n) is 5.50. The van der Waals surface area contributed by atoms with Crippen molar-refractivity contribution >= 4 is 5.95 Å². The highest BCUT2D eigenvalue weighted by Gasteiger charge is 2.11. The Kier molecular flexibility index (Phi) is 6.71. The smallest absolute Gasteiger partial charge is 0.228 e. The van der Waals surface area contributed by atoms with Crippen LogP contribution in [0, 0.1) is 6.92 Å². The maximum atomic E-state index is 5.68. The summed E-state index contributed by atoms with van der Waals surface area (Å²) in [5.41, 5.74) is 0.931. The van der Waals surface area contributed by atoms with Gasteiger partial charge in [-0.1, -0.05) is 13.8 Å². The predicted molar refractivity (Wildman–Crippen MR) is 83.6 cm³/mol. The number of rotatable bonds is 8. The summed E-state index contributed by atoms with van der Waals surface area (Å²) < 4.78 is 5.68. The molecule has 1 aromatic rings. The van der Waals surface area contributed by atoms with Crippen LogP contribution in [0.4, 0.5) is 5.95 Å². The third-order valence-electron chi connectivity index (χ3n) is 2.77. The van der Waals surface area contributed by atoms with Crippen molar-refractivity contribution in [3.05, 3.63) is 11.8 Å². The fourth-order valence-electron chi connectivity index (χ4n) is 1.86. The first-order chi connectivity index (χ1) is 9.42. The van der Waals surface area contributed by atoms with Crippen molar-refractivity contribution < 1.29 is 4.74 Å². The average Bonchev–Trinajstić information content (AvgIpc) is 2.32. The number of aromatic nitrogens is 2. The molecule has 1 aromatic heterocycles. The van der Waals surface area contributed by atoms with Gasteiger partial charge in [0.15, 0.2) is 0 Å². The molecule has 0 bridgehead atoms. The zero-order chi connectivity index (χ0) is 15.1. The van der Waals surface area contributed by atoms with Crippen molar-refractivity contribution in [1.82, 2.24) is 15.3 Å². The Morgan fingerprint density at radius 1 is 1.25 bits per heavy atom. The summed E-state index contributed by atoms with van der Waals surface area (Å²) in [7, 11) is 0. The zero-order valence-corrected chi connectivity index (χ0v) is 13.6. The van der Waals surface area contributed by atoms with E-state index in [0.717, 1.165) is 31.3 Å². The quantitative estimate of drug-likeness (QED) is 0.792. The van der Waals surface area contributed by atoms with Gasteiger partial charge in [-0.15, -0.1) is 0 Å². The van der Waals surface area contributed by atoms with Crippen LogP contribution in [-0.4, -0.2) is 41.7 Å². The van der Waals surface area contributed by atoms with Crippen LogP contribution in [0.15, 0.2) is 6.07 Å². The van der Waals surface area contributed by atoms with Gasteiger partial charge in [0.2, 0.25) is 11.8 Å². The van der Waals surface area contributed by atoms with E-state index in [1.54, 1.807) is 0 Å². The number of ether oxygens (including phenoxy) is 1. The Labute approximate surface area is 122 Å². The number of nitrogens with zero attached hydrogens (tertiary/aromatic N) is 3. The molecule has 0 amide bonds. The molecule has 0 radical (unpaired) electrons. The Bertz CT molecular complexity index is 407. The minimum atomic E-state index is 0.120. The van der Waals surface area contributed by atoms with Crippen LogP contribution in [0.5, 0.6) is 5.88 Å². The molecule has 1 N–H and O–H groups in total. The van der Waals surface area contributed by atoms with Crippen molar-refractivity contribution in [2.24, 2.45) is 0 Å². The molecule has 5 nitrogen and oxygen atoms in total. The fraction of sp³-hybridized carbons (Fsp3) is 0.733. The summed E-state index contributed by atoms with van der Waals surface area (Å²) in [5.74, 6) is 1.39. The van der Waals surface area contributed by atoms with Gasteiger partial charge < -0.3 is 15.0 Å². The maximum absolute atomic E-state index is 5.68. The summed E-state index contributed by atoms with van der Waals surface area (Å²) in [6.07, 6.45) is 0.120. The van der Waals surface area contributed by atoms with Gasteiger partial charge >= 0.3 is 0 Å². The van der Waals surface area contributed by atoms with Gasteiger partial charge in [-0.2, -0.15) is 4.98 Å². The predicted octanol–water partition coefficient (Wildman–Crippen LogP) is 2.40. The first-order valence-corrected chi connectivity index (χ1v) is 7.43. The molecule has 0 aromatic carbocycles. The number of likely N-dealkylation sites (N-methyl/N-ethyl adjacent to an activating group) is 1.